The number of ether oxygens (including phenoxy) is 1. The predicted octanol–water partition coefficient (Wildman–Crippen LogP) is 0.679. The van der Waals surface area contributed by atoms with E-state index in [0.717, 1.165) is 18.7 Å². The van der Waals surface area contributed by atoms with Crippen molar-refractivity contribution in [2.75, 3.05) is 32.8 Å². The average Bonchev–Trinajstić information content (AvgIpc) is 2.76. The third-order valence-electron chi connectivity index (χ3n) is 4.18. The Morgan fingerprint density at radius 3 is 3.05 bits per heavy atom. The third kappa shape index (κ3) is 3.44. The quantitative estimate of drug-likeness (QED) is 0.824. The lowest BCUT2D eigenvalue weighted by Crippen LogP contribution is -2.38. The summed E-state index contributed by atoms with van der Waals surface area (Å²) in [6, 6.07) is 5.65. The van der Waals surface area contributed by atoms with Crippen LogP contribution < -0.4 is 0 Å². The minimum atomic E-state index is -0.227. The fourth-order valence-electron chi connectivity index (χ4n) is 3.00. The molecule has 0 aliphatic carbocycles. The summed E-state index contributed by atoms with van der Waals surface area (Å²) in [5.74, 6) is -0.105. The monoisotopic (exact) mass is 303 g/mol. The average molecular weight is 303 g/mol. The van der Waals surface area contributed by atoms with E-state index in [9.17, 15) is 9.59 Å². The number of aromatic nitrogens is 1. The molecule has 22 heavy (non-hydrogen) atoms. The molecule has 0 saturated carbocycles. The number of hydrogen-bond donors (Lipinski definition) is 0. The first kappa shape index (κ1) is 15.0. The van der Waals surface area contributed by atoms with Crippen molar-refractivity contribution in [3.05, 3.63) is 30.1 Å². The Bertz CT molecular complexity index is 527. The molecular formula is C16H21N3O3. The molecule has 0 radical (unpaired) electrons. The van der Waals surface area contributed by atoms with Crippen LogP contribution in [0.1, 0.15) is 18.5 Å². The van der Waals surface area contributed by atoms with Crippen LogP contribution in [0.4, 0.5) is 0 Å². The van der Waals surface area contributed by atoms with Crippen LogP contribution in [0.25, 0.3) is 0 Å². The molecule has 2 aliphatic rings. The van der Waals surface area contributed by atoms with Gasteiger partial charge in [0.15, 0.2) is 0 Å². The number of hydrogen-bond acceptors (Lipinski definition) is 4. The van der Waals surface area contributed by atoms with Gasteiger partial charge in [0.2, 0.25) is 11.8 Å². The second kappa shape index (κ2) is 6.87. The molecule has 0 bridgehead atoms. The predicted molar refractivity (Wildman–Crippen MR) is 79.8 cm³/mol. The molecule has 2 aliphatic heterocycles. The summed E-state index contributed by atoms with van der Waals surface area (Å²) in [5, 5.41) is 0. The van der Waals surface area contributed by atoms with Gasteiger partial charge in [-0.2, -0.15) is 0 Å². The second-order valence-corrected chi connectivity index (χ2v) is 5.79. The Hall–Kier alpha value is -1.95. The van der Waals surface area contributed by atoms with Crippen molar-refractivity contribution in [2.45, 2.75) is 19.4 Å². The lowest BCUT2D eigenvalue weighted by atomic mass is 10.1. The zero-order chi connectivity index (χ0) is 15.4. The van der Waals surface area contributed by atoms with E-state index in [1.165, 1.54) is 0 Å². The summed E-state index contributed by atoms with van der Waals surface area (Å²) in [4.78, 5) is 32.5. The van der Waals surface area contributed by atoms with Crippen molar-refractivity contribution in [3.8, 4) is 0 Å². The lowest BCUT2D eigenvalue weighted by Gasteiger charge is -2.23. The second-order valence-electron chi connectivity index (χ2n) is 5.79. The molecule has 1 aromatic heterocycles. The zero-order valence-electron chi connectivity index (χ0n) is 12.6. The van der Waals surface area contributed by atoms with E-state index in [1.807, 2.05) is 23.1 Å². The van der Waals surface area contributed by atoms with Crippen LogP contribution in [0.15, 0.2) is 24.4 Å². The molecule has 1 aromatic rings. The summed E-state index contributed by atoms with van der Waals surface area (Å²) in [6.45, 7) is 3.62. The fraction of sp³-hybridized carbons (Fsp3) is 0.562. The van der Waals surface area contributed by atoms with Gasteiger partial charge in [-0.3, -0.25) is 14.6 Å². The highest BCUT2D eigenvalue weighted by Crippen LogP contribution is 2.22. The van der Waals surface area contributed by atoms with Gasteiger partial charge in [-0.25, -0.2) is 0 Å². The largest absolute Gasteiger partial charge is 0.380 e. The molecule has 2 fully saturated rings. The van der Waals surface area contributed by atoms with E-state index in [4.69, 9.17) is 4.74 Å². The molecule has 3 rings (SSSR count). The minimum absolute atomic E-state index is 0.0371. The highest BCUT2D eigenvalue weighted by molar-refractivity contribution is 5.89. The van der Waals surface area contributed by atoms with Crippen LogP contribution >= 0.6 is 0 Å². The maximum absolute atomic E-state index is 12.6. The molecule has 0 unspecified atom stereocenters. The molecule has 0 aromatic carbocycles. The SMILES string of the molecule is O=C1C[C@H](C(=O)N2CCCOCC2)CN1Cc1ccccn1. The molecule has 6 heteroatoms. The van der Waals surface area contributed by atoms with Gasteiger partial charge < -0.3 is 14.5 Å². The standard InChI is InChI=1S/C16H21N3O3/c20-15-10-13(16(21)18-6-3-8-22-9-7-18)11-19(15)12-14-4-1-2-5-17-14/h1-2,4-5,13H,3,6-12H2/t13-/m0/s1. The number of carbonyl (C=O) groups is 2. The Labute approximate surface area is 130 Å². The smallest absolute Gasteiger partial charge is 0.228 e. The molecule has 0 N–H and O–H groups in total. The van der Waals surface area contributed by atoms with E-state index in [2.05, 4.69) is 4.98 Å². The Kier molecular flexibility index (Phi) is 4.68. The van der Waals surface area contributed by atoms with Crippen LogP contribution in [0.5, 0.6) is 0 Å². The highest BCUT2D eigenvalue weighted by atomic mass is 16.5. The molecule has 6 nitrogen and oxygen atoms in total. The minimum Gasteiger partial charge on any atom is -0.380 e. The molecule has 118 valence electrons. The number of likely N-dealkylation sites (tertiary alicyclic amines) is 1. The summed E-state index contributed by atoms with van der Waals surface area (Å²) in [6.07, 6.45) is 2.89. The Balaban J connectivity index is 1.60. The first-order valence-electron chi connectivity index (χ1n) is 7.78. The van der Waals surface area contributed by atoms with Gasteiger partial charge in [0.25, 0.3) is 0 Å². The number of rotatable bonds is 3. The molecule has 2 amide bonds. The van der Waals surface area contributed by atoms with E-state index >= 15 is 0 Å². The van der Waals surface area contributed by atoms with Crippen molar-refractivity contribution < 1.29 is 14.3 Å². The number of amides is 2. The van der Waals surface area contributed by atoms with E-state index in [0.29, 0.717) is 39.3 Å². The molecule has 3 heterocycles. The first-order valence-corrected chi connectivity index (χ1v) is 7.78. The van der Waals surface area contributed by atoms with E-state index in [-0.39, 0.29) is 17.7 Å². The Morgan fingerprint density at radius 2 is 2.23 bits per heavy atom. The van der Waals surface area contributed by atoms with Gasteiger partial charge >= 0.3 is 0 Å². The summed E-state index contributed by atoms with van der Waals surface area (Å²) in [5.41, 5.74) is 0.854. The van der Waals surface area contributed by atoms with Crippen LogP contribution in [-0.4, -0.2) is 59.4 Å². The molecular weight excluding hydrogens is 282 g/mol. The molecule has 0 spiro atoms. The third-order valence-corrected chi connectivity index (χ3v) is 4.18. The molecule has 2 saturated heterocycles. The topological polar surface area (TPSA) is 62.7 Å². The maximum Gasteiger partial charge on any atom is 0.228 e. The Morgan fingerprint density at radius 1 is 1.32 bits per heavy atom. The van der Waals surface area contributed by atoms with Gasteiger partial charge in [-0.05, 0) is 18.6 Å². The van der Waals surface area contributed by atoms with Crippen LogP contribution in [-0.2, 0) is 20.9 Å². The van der Waals surface area contributed by atoms with Crippen molar-refractivity contribution >= 4 is 11.8 Å². The maximum atomic E-state index is 12.6. The van der Waals surface area contributed by atoms with Crippen LogP contribution in [0.3, 0.4) is 0 Å². The van der Waals surface area contributed by atoms with Gasteiger partial charge in [0.1, 0.15) is 0 Å². The van der Waals surface area contributed by atoms with Crippen molar-refractivity contribution in [1.82, 2.24) is 14.8 Å². The highest BCUT2D eigenvalue weighted by Gasteiger charge is 2.36. The fourth-order valence-corrected chi connectivity index (χ4v) is 3.00. The van der Waals surface area contributed by atoms with Crippen molar-refractivity contribution in [2.24, 2.45) is 5.92 Å². The van der Waals surface area contributed by atoms with E-state index < -0.39 is 0 Å². The van der Waals surface area contributed by atoms with Crippen molar-refractivity contribution in [1.29, 1.82) is 0 Å². The molecule has 1 atom stereocenters. The lowest BCUT2D eigenvalue weighted by molar-refractivity contribution is -0.135. The van der Waals surface area contributed by atoms with Gasteiger partial charge in [0, 0.05) is 38.9 Å². The summed E-state index contributed by atoms with van der Waals surface area (Å²) in [7, 11) is 0. The zero-order valence-corrected chi connectivity index (χ0v) is 12.6. The van der Waals surface area contributed by atoms with Crippen LogP contribution in [0, 0.1) is 5.92 Å². The van der Waals surface area contributed by atoms with E-state index in [1.54, 1.807) is 11.1 Å². The normalized spacial score (nSPS) is 22.7. The van der Waals surface area contributed by atoms with Crippen molar-refractivity contribution in [3.63, 3.8) is 0 Å². The number of pyridine rings is 1. The number of nitrogens with zero attached hydrogens (tertiary/aromatic N) is 3. The number of carbonyl (C=O) groups excluding carboxylic acids is 2. The van der Waals surface area contributed by atoms with Gasteiger partial charge in [-0.15, -0.1) is 0 Å². The van der Waals surface area contributed by atoms with Gasteiger partial charge in [0.05, 0.1) is 24.8 Å². The van der Waals surface area contributed by atoms with Gasteiger partial charge in [-0.1, -0.05) is 6.07 Å². The van der Waals surface area contributed by atoms with Crippen LogP contribution in [0.2, 0.25) is 0 Å². The summed E-state index contributed by atoms with van der Waals surface area (Å²) >= 11 is 0. The first-order chi connectivity index (χ1) is 10.7. The summed E-state index contributed by atoms with van der Waals surface area (Å²) < 4.78 is 5.38.